The molecule has 1 N–H and O–H groups in total. The number of nitrogens with zero attached hydrogens (tertiary/aromatic N) is 3. The first kappa shape index (κ1) is 14.9. The Morgan fingerprint density at radius 2 is 1.72 bits per heavy atom. The van der Waals surface area contributed by atoms with E-state index in [0.717, 1.165) is 31.1 Å². The van der Waals surface area contributed by atoms with E-state index in [1.807, 2.05) is 19.4 Å². The third-order valence-corrected chi connectivity index (χ3v) is 2.52. The Labute approximate surface area is 111 Å². The smallest absolute Gasteiger partial charge is 0.147 e. The molecule has 0 radical (unpaired) electrons. The van der Waals surface area contributed by atoms with Gasteiger partial charge in [-0.25, -0.2) is 4.98 Å². The summed E-state index contributed by atoms with van der Waals surface area (Å²) in [5.41, 5.74) is 0.993. The van der Waals surface area contributed by atoms with Gasteiger partial charge in [0.15, 0.2) is 0 Å². The maximum absolute atomic E-state index is 4.67. The average molecular weight is 250 g/mol. The zero-order valence-electron chi connectivity index (χ0n) is 12.3. The van der Waals surface area contributed by atoms with Crippen LogP contribution in [0, 0.1) is 11.8 Å². The van der Waals surface area contributed by atoms with Crippen molar-refractivity contribution in [1.82, 2.24) is 15.3 Å². The van der Waals surface area contributed by atoms with E-state index >= 15 is 0 Å². The summed E-state index contributed by atoms with van der Waals surface area (Å²) in [5.74, 6) is 2.24. The largest absolute Gasteiger partial charge is 0.355 e. The first-order valence-corrected chi connectivity index (χ1v) is 6.73. The second-order valence-electron chi connectivity index (χ2n) is 5.59. The Morgan fingerprint density at radius 3 is 2.22 bits per heavy atom. The van der Waals surface area contributed by atoms with Crippen molar-refractivity contribution in [2.45, 2.75) is 34.2 Å². The lowest BCUT2D eigenvalue weighted by molar-refractivity contribution is 0.547. The number of anilines is 1. The summed E-state index contributed by atoms with van der Waals surface area (Å²) in [6, 6.07) is 0. The summed E-state index contributed by atoms with van der Waals surface area (Å²) < 4.78 is 0. The minimum absolute atomic E-state index is 0.624. The van der Waals surface area contributed by atoms with Crippen molar-refractivity contribution in [3.05, 3.63) is 18.1 Å². The maximum Gasteiger partial charge on any atom is 0.147 e. The van der Waals surface area contributed by atoms with Gasteiger partial charge in [-0.15, -0.1) is 0 Å². The number of hydrogen-bond acceptors (Lipinski definition) is 4. The number of hydrogen-bond donors (Lipinski definition) is 1. The fraction of sp³-hybridized carbons (Fsp3) is 0.714. The molecule has 102 valence electrons. The summed E-state index contributed by atoms with van der Waals surface area (Å²) >= 11 is 0. The molecular formula is C14H26N4. The zero-order chi connectivity index (χ0) is 13.5. The predicted octanol–water partition coefficient (Wildman–Crippen LogP) is 2.31. The van der Waals surface area contributed by atoms with Crippen molar-refractivity contribution in [3.63, 3.8) is 0 Å². The van der Waals surface area contributed by atoms with Gasteiger partial charge in [0.2, 0.25) is 0 Å². The topological polar surface area (TPSA) is 41.1 Å². The molecule has 0 saturated heterocycles. The number of aromatic nitrogens is 2. The molecule has 4 nitrogen and oxygen atoms in total. The average Bonchev–Trinajstić information content (AvgIpc) is 2.28. The van der Waals surface area contributed by atoms with E-state index in [-0.39, 0.29) is 0 Å². The number of rotatable bonds is 7. The molecule has 0 aliphatic rings. The highest BCUT2D eigenvalue weighted by Crippen LogP contribution is 2.14. The molecule has 0 unspecified atom stereocenters. The Balaban J connectivity index is 2.85. The highest BCUT2D eigenvalue weighted by atomic mass is 15.2. The molecule has 0 atom stereocenters. The molecule has 1 aromatic rings. The zero-order valence-corrected chi connectivity index (χ0v) is 12.3. The van der Waals surface area contributed by atoms with Gasteiger partial charge in [0.1, 0.15) is 5.82 Å². The summed E-state index contributed by atoms with van der Waals surface area (Å²) in [7, 11) is 1.92. The molecule has 0 bridgehead atoms. The monoisotopic (exact) mass is 250 g/mol. The van der Waals surface area contributed by atoms with Crippen LogP contribution in [0.25, 0.3) is 0 Å². The van der Waals surface area contributed by atoms with Gasteiger partial charge >= 0.3 is 0 Å². The SMILES string of the molecule is CNCc1cncc(N(CC(C)C)CC(C)C)n1. The second kappa shape index (κ2) is 7.31. The Kier molecular flexibility index (Phi) is 6.05. The quantitative estimate of drug-likeness (QED) is 0.806. The molecule has 1 rings (SSSR count). The van der Waals surface area contributed by atoms with Crippen molar-refractivity contribution < 1.29 is 0 Å². The highest BCUT2D eigenvalue weighted by Gasteiger charge is 2.12. The molecule has 0 saturated carbocycles. The van der Waals surface area contributed by atoms with Crippen LogP contribution in [0.15, 0.2) is 12.4 Å². The Hall–Kier alpha value is -1.16. The summed E-state index contributed by atoms with van der Waals surface area (Å²) in [4.78, 5) is 11.3. The van der Waals surface area contributed by atoms with Crippen LogP contribution in [0.2, 0.25) is 0 Å². The highest BCUT2D eigenvalue weighted by molar-refractivity contribution is 5.36. The van der Waals surface area contributed by atoms with Gasteiger partial charge in [0, 0.05) is 25.8 Å². The van der Waals surface area contributed by atoms with Crippen LogP contribution >= 0.6 is 0 Å². The second-order valence-corrected chi connectivity index (χ2v) is 5.59. The first-order valence-electron chi connectivity index (χ1n) is 6.73. The fourth-order valence-corrected chi connectivity index (χ4v) is 1.96. The molecule has 0 aliphatic heterocycles. The standard InChI is InChI=1S/C14H26N4/c1-11(2)9-18(10-12(3)4)14-8-16-7-13(17-14)6-15-5/h7-8,11-12,15H,6,9-10H2,1-5H3. The fourth-order valence-electron chi connectivity index (χ4n) is 1.96. The third kappa shape index (κ3) is 5.00. The minimum atomic E-state index is 0.624. The van der Waals surface area contributed by atoms with Crippen molar-refractivity contribution in [3.8, 4) is 0 Å². The van der Waals surface area contributed by atoms with Gasteiger partial charge in [0.25, 0.3) is 0 Å². The lowest BCUT2D eigenvalue weighted by Crippen LogP contribution is -2.32. The summed E-state index contributed by atoms with van der Waals surface area (Å²) in [6.45, 7) is 11.7. The van der Waals surface area contributed by atoms with Gasteiger partial charge < -0.3 is 10.2 Å². The van der Waals surface area contributed by atoms with E-state index in [2.05, 4.69) is 47.9 Å². The lowest BCUT2D eigenvalue weighted by Gasteiger charge is -2.27. The predicted molar refractivity (Wildman–Crippen MR) is 76.7 cm³/mol. The van der Waals surface area contributed by atoms with Gasteiger partial charge in [-0.2, -0.15) is 0 Å². The van der Waals surface area contributed by atoms with Crippen LogP contribution in [-0.2, 0) is 6.54 Å². The first-order chi connectivity index (χ1) is 8.52. The molecule has 4 heteroatoms. The minimum Gasteiger partial charge on any atom is -0.355 e. The third-order valence-electron chi connectivity index (χ3n) is 2.52. The van der Waals surface area contributed by atoms with Crippen LogP contribution in [0.4, 0.5) is 5.82 Å². The van der Waals surface area contributed by atoms with Gasteiger partial charge in [-0.05, 0) is 18.9 Å². The molecule has 1 heterocycles. The van der Waals surface area contributed by atoms with E-state index in [0.29, 0.717) is 11.8 Å². The van der Waals surface area contributed by atoms with Crippen LogP contribution in [-0.4, -0.2) is 30.1 Å². The van der Waals surface area contributed by atoms with Crippen LogP contribution in [0.3, 0.4) is 0 Å². The van der Waals surface area contributed by atoms with Crippen molar-refractivity contribution in [2.24, 2.45) is 11.8 Å². The van der Waals surface area contributed by atoms with Gasteiger partial charge in [0.05, 0.1) is 11.9 Å². The molecular weight excluding hydrogens is 224 g/mol. The molecule has 1 aromatic heterocycles. The maximum atomic E-state index is 4.67. The Bertz CT molecular complexity index is 339. The molecule has 0 amide bonds. The van der Waals surface area contributed by atoms with Crippen molar-refractivity contribution in [1.29, 1.82) is 0 Å². The normalized spacial score (nSPS) is 11.3. The van der Waals surface area contributed by atoms with Crippen LogP contribution in [0.1, 0.15) is 33.4 Å². The van der Waals surface area contributed by atoms with Crippen molar-refractivity contribution in [2.75, 3.05) is 25.0 Å². The van der Waals surface area contributed by atoms with E-state index < -0.39 is 0 Å². The van der Waals surface area contributed by atoms with Gasteiger partial charge in [-0.3, -0.25) is 4.98 Å². The number of nitrogens with one attached hydrogen (secondary N) is 1. The van der Waals surface area contributed by atoms with Gasteiger partial charge in [-0.1, -0.05) is 27.7 Å². The van der Waals surface area contributed by atoms with E-state index in [4.69, 9.17) is 0 Å². The van der Waals surface area contributed by atoms with Crippen LogP contribution in [0.5, 0.6) is 0 Å². The summed E-state index contributed by atoms with van der Waals surface area (Å²) in [5, 5.41) is 3.11. The van der Waals surface area contributed by atoms with Crippen LogP contribution < -0.4 is 10.2 Å². The lowest BCUT2D eigenvalue weighted by atomic mass is 10.1. The summed E-state index contributed by atoms with van der Waals surface area (Å²) in [6.07, 6.45) is 3.69. The van der Waals surface area contributed by atoms with E-state index in [9.17, 15) is 0 Å². The molecule has 0 fully saturated rings. The van der Waals surface area contributed by atoms with E-state index in [1.54, 1.807) is 0 Å². The van der Waals surface area contributed by atoms with Crippen molar-refractivity contribution >= 4 is 5.82 Å². The molecule has 0 spiro atoms. The molecule has 0 aliphatic carbocycles. The molecule has 0 aromatic carbocycles. The molecule has 18 heavy (non-hydrogen) atoms. The Morgan fingerprint density at radius 1 is 1.11 bits per heavy atom. The van der Waals surface area contributed by atoms with E-state index in [1.165, 1.54) is 0 Å².